The molecule has 0 radical (unpaired) electrons. The number of amides is 2. The van der Waals surface area contributed by atoms with E-state index in [-0.39, 0.29) is 23.3 Å². The van der Waals surface area contributed by atoms with Gasteiger partial charge in [-0.1, -0.05) is 34.5 Å². The Kier molecular flexibility index (Phi) is 3.66. The fourth-order valence-electron chi connectivity index (χ4n) is 3.42. The number of rotatable bonds is 1. The normalized spacial score (nSPS) is 22.1. The molecule has 2 aromatic rings. The number of urea groups is 1. The number of thiazole rings is 1. The van der Waals surface area contributed by atoms with Gasteiger partial charge in [0.15, 0.2) is 10.3 Å². The topological polar surface area (TPSA) is 58.1 Å². The highest BCUT2D eigenvalue weighted by atomic mass is 35.5. The van der Waals surface area contributed by atoms with E-state index in [2.05, 4.69) is 15.3 Å². The lowest BCUT2D eigenvalue weighted by Gasteiger charge is -2.35. The van der Waals surface area contributed by atoms with Crippen LogP contribution in [0.5, 0.6) is 0 Å². The molecule has 1 fully saturated rings. The number of hydrogen-bond donors (Lipinski definition) is 1. The molecule has 0 aliphatic carbocycles. The van der Waals surface area contributed by atoms with E-state index < -0.39 is 5.95 Å². The second kappa shape index (κ2) is 5.58. The third-order valence-electron chi connectivity index (χ3n) is 4.34. The summed E-state index contributed by atoms with van der Waals surface area (Å²) in [6, 6.07) is 1.37. The molecule has 9 heteroatoms. The molecule has 120 valence electrons. The number of aromatic nitrogens is 2. The van der Waals surface area contributed by atoms with Crippen LogP contribution in [0.4, 0.5) is 14.3 Å². The summed E-state index contributed by atoms with van der Waals surface area (Å²) < 4.78 is 14.2. The average molecular weight is 373 g/mol. The highest BCUT2D eigenvalue weighted by Gasteiger charge is 2.43. The molecule has 0 unspecified atom stereocenters. The summed E-state index contributed by atoms with van der Waals surface area (Å²) in [7, 11) is 0. The van der Waals surface area contributed by atoms with Gasteiger partial charge in [-0.25, -0.2) is 14.8 Å². The minimum atomic E-state index is -0.432. The maximum Gasteiger partial charge on any atom is 0.324 e. The van der Waals surface area contributed by atoms with Crippen molar-refractivity contribution in [1.29, 1.82) is 0 Å². The van der Waals surface area contributed by atoms with Crippen molar-refractivity contribution in [3.05, 3.63) is 38.8 Å². The van der Waals surface area contributed by atoms with Gasteiger partial charge in [0.05, 0.1) is 6.04 Å². The molecule has 0 aromatic carbocycles. The molecule has 0 spiro atoms. The van der Waals surface area contributed by atoms with Crippen LogP contribution in [0.25, 0.3) is 0 Å². The first-order valence-electron chi connectivity index (χ1n) is 7.09. The van der Waals surface area contributed by atoms with E-state index in [0.717, 1.165) is 29.7 Å². The molecule has 2 aliphatic rings. The minimum absolute atomic E-state index is 0.0305. The van der Waals surface area contributed by atoms with Gasteiger partial charge in [0.1, 0.15) is 4.34 Å². The van der Waals surface area contributed by atoms with Gasteiger partial charge in [-0.15, -0.1) is 0 Å². The zero-order chi connectivity index (χ0) is 16.1. The molecule has 0 saturated carbocycles. The summed E-state index contributed by atoms with van der Waals surface area (Å²) in [5.74, 6) is -0.432. The van der Waals surface area contributed by atoms with E-state index in [9.17, 15) is 9.18 Å². The predicted molar refractivity (Wildman–Crippen MR) is 86.7 cm³/mol. The van der Waals surface area contributed by atoms with Crippen molar-refractivity contribution in [1.82, 2.24) is 14.9 Å². The van der Waals surface area contributed by atoms with Crippen molar-refractivity contribution < 1.29 is 9.18 Å². The van der Waals surface area contributed by atoms with Crippen LogP contribution in [0.15, 0.2) is 12.3 Å². The van der Waals surface area contributed by atoms with Crippen LogP contribution < -0.4 is 5.32 Å². The Morgan fingerprint density at radius 1 is 1.43 bits per heavy atom. The van der Waals surface area contributed by atoms with Gasteiger partial charge in [-0.2, -0.15) is 4.39 Å². The fraction of sp³-hybridized carbons (Fsp3) is 0.357. The first-order valence-corrected chi connectivity index (χ1v) is 8.66. The van der Waals surface area contributed by atoms with E-state index in [1.165, 1.54) is 6.20 Å². The number of carbonyl (C=O) groups is 1. The van der Waals surface area contributed by atoms with Gasteiger partial charge in [-0.3, -0.25) is 5.32 Å². The molecule has 2 amide bonds. The van der Waals surface area contributed by atoms with Crippen LogP contribution >= 0.6 is 34.5 Å². The third kappa shape index (κ3) is 2.47. The first-order chi connectivity index (χ1) is 11.0. The average Bonchev–Trinajstić information content (AvgIpc) is 2.99. The molecular formula is C14H11Cl2FN4OS. The SMILES string of the molecule is O=C(Nc1nc(Cl)c(Cl)s1)N1[C@@H]2CC[C@H]1c1ccnc(F)c1C2. The first kappa shape index (κ1) is 15.1. The Bertz CT molecular complexity index is 780. The van der Waals surface area contributed by atoms with Crippen molar-refractivity contribution in [2.45, 2.75) is 31.3 Å². The van der Waals surface area contributed by atoms with E-state index in [1.54, 1.807) is 11.0 Å². The van der Waals surface area contributed by atoms with E-state index in [0.29, 0.717) is 21.5 Å². The number of nitrogens with zero attached hydrogens (tertiary/aromatic N) is 3. The van der Waals surface area contributed by atoms with Crippen molar-refractivity contribution in [2.24, 2.45) is 0 Å². The van der Waals surface area contributed by atoms with Crippen molar-refractivity contribution in [3.8, 4) is 0 Å². The van der Waals surface area contributed by atoms with Gasteiger partial charge < -0.3 is 4.90 Å². The lowest BCUT2D eigenvalue weighted by atomic mass is 9.95. The van der Waals surface area contributed by atoms with Crippen LogP contribution in [0, 0.1) is 5.95 Å². The Morgan fingerprint density at radius 2 is 2.26 bits per heavy atom. The van der Waals surface area contributed by atoms with Gasteiger partial charge in [0, 0.05) is 17.8 Å². The standard InChI is InChI=1S/C14H11Cl2FN4OS/c15-10-11(16)23-13(19-10)20-14(22)21-6-1-2-9(21)7-3-4-18-12(17)8(7)5-6/h3-4,6,9H,1-2,5H2,(H,19,20,22)/t6-,9+/m1/s1. The second-order valence-corrected chi connectivity index (χ2v) is 7.50. The van der Waals surface area contributed by atoms with Crippen LogP contribution in [-0.2, 0) is 6.42 Å². The molecule has 2 bridgehead atoms. The number of pyridine rings is 1. The summed E-state index contributed by atoms with van der Waals surface area (Å²) in [5, 5.41) is 3.27. The Morgan fingerprint density at radius 3 is 3.00 bits per heavy atom. The zero-order valence-corrected chi connectivity index (χ0v) is 14.1. The van der Waals surface area contributed by atoms with Crippen LogP contribution in [0.1, 0.15) is 30.0 Å². The Balaban J connectivity index is 1.61. The van der Waals surface area contributed by atoms with Gasteiger partial charge in [0.2, 0.25) is 5.95 Å². The lowest BCUT2D eigenvalue weighted by Crippen LogP contribution is -2.44. The smallest absolute Gasteiger partial charge is 0.314 e. The monoisotopic (exact) mass is 372 g/mol. The van der Waals surface area contributed by atoms with E-state index in [1.807, 2.05) is 0 Å². The van der Waals surface area contributed by atoms with Gasteiger partial charge >= 0.3 is 6.03 Å². The number of nitrogens with one attached hydrogen (secondary N) is 1. The van der Waals surface area contributed by atoms with Crippen LogP contribution in [-0.4, -0.2) is 26.9 Å². The van der Waals surface area contributed by atoms with Crippen molar-refractivity contribution in [2.75, 3.05) is 5.32 Å². The predicted octanol–water partition coefficient (Wildman–Crippen LogP) is 4.28. The van der Waals surface area contributed by atoms with Crippen LogP contribution in [0.3, 0.4) is 0 Å². The molecular weight excluding hydrogens is 362 g/mol. The molecule has 2 aliphatic heterocycles. The summed E-state index contributed by atoms with van der Waals surface area (Å²) in [5.41, 5.74) is 1.47. The third-order valence-corrected chi connectivity index (χ3v) is 5.99. The lowest BCUT2D eigenvalue weighted by molar-refractivity contribution is 0.178. The molecule has 5 nitrogen and oxygen atoms in total. The van der Waals surface area contributed by atoms with E-state index in [4.69, 9.17) is 23.2 Å². The number of carbonyl (C=O) groups excluding carboxylic acids is 1. The van der Waals surface area contributed by atoms with Crippen molar-refractivity contribution >= 4 is 45.7 Å². The maximum atomic E-state index is 13.9. The molecule has 1 saturated heterocycles. The highest BCUT2D eigenvalue weighted by Crippen LogP contribution is 2.44. The van der Waals surface area contributed by atoms with Gasteiger partial charge in [0.25, 0.3) is 0 Å². The summed E-state index contributed by atoms with van der Waals surface area (Å²) in [4.78, 5) is 22.1. The molecule has 4 rings (SSSR count). The Labute approximate surface area is 145 Å². The largest absolute Gasteiger partial charge is 0.324 e. The molecule has 2 atom stereocenters. The number of anilines is 1. The number of fused-ring (bicyclic) bond motifs is 4. The highest BCUT2D eigenvalue weighted by molar-refractivity contribution is 7.20. The van der Waals surface area contributed by atoms with E-state index >= 15 is 0 Å². The zero-order valence-electron chi connectivity index (χ0n) is 11.7. The minimum Gasteiger partial charge on any atom is -0.314 e. The number of hydrogen-bond acceptors (Lipinski definition) is 4. The maximum absolute atomic E-state index is 13.9. The molecule has 1 N–H and O–H groups in total. The summed E-state index contributed by atoms with van der Waals surface area (Å²) in [6.07, 6.45) is 3.58. The molecule has 2 aromatic heterocycles. The molecule has 23 heavy (non-hydrogen) atoms. The number of halogens is 3. The molecule has 4 heterocycles. The van der Waals surface area contributed by atoms with Crippen molar-refractivity contribution in [3.63, 3.8) is 0 Å². The second-order valence-electron chi connectivity index (χ2n) is 5.54. The summed E-state index contributed by atoms with van der Waals surface area (Å²) >= 11 is 12.8. The fourth-order valence-corrected chi connectivity index (χ4v) is 4.51. The quantitative estimate of drug-likeness (QED) is 0.760. The Hall–Kier alpha value is -1.44. The summed E-state index contributed by atoms with van der Waals surface area (Å²) in [6.45, 7) is 0. The van der Waals surface area contributed by atoms with Gasteiger partial charge in [-0.05, 0) is 30.9 Å². The van der Waals surface area contributed by atoms with Crippen LogP contribution in [0.2, 0.25) is 9.49 Å².